The summed E-state index contributed by atoms with van der Waals surface area (Å²) in [5.74, 6) is 0.197. The summed E-state index contributed by atoms with van der Waals surface area (Å²) in [4.78, 5) is 18.1. The van der Waals surface area contributed by atoms with E-state index in [1.165, 1.54) is 27.7 Å². The molecule has 4 nitrogen and oxygen atoms in total. The van der Waals surface area contributed by atoms with Gasteiger partial charge in [-0.2, -0.15) is 0 Å². The van der Waals surface area contributed by atoms with Crippen LogP contribution in [-0.2, 0) is 17.8 Å². The Balaban J connectivity index is 1.65. The number of aromatic nitrogens is 1. The molecular weight excluding hydrogens is 262 g/mol. The third-order valence-electron chi connectivity index (χ3n) is 4.70. The fourth-order valence-corrected chi connectivity index (χ4v) is 3.24. The molecule has 1 aromatic heterocycles. The highest BCUT2D eigenvalue weighted by Gasteiger charge is 2.26. The summed E-state index contributed by atoms with van der Waals surface area (Å²) >= 11 is 0. The summed E-state index contributed by atoms with van der Waals surface area (Å²) in [5, 5.41) is 4.45. The number of carbonyl (C=O) groups excluding carboxylic acids is 1. The molecule has 1 saturated heterocycles. The summed E-state index contributed by atoms with van der Waals surface area (Å²) in [6.45, 7) is 5.21. The van der Waals surface area contributed by atoms with E-state index in [0.717, 1.165) is 38.2 Å². The maximum absolute atomic E-state index is 12.6. The molecule has 4 heteroatoms. The van der Waals surface area contributed by atoms with E-state index in [4.69, 9.17) is 0 Å². The second-order valence-electron chi connectivity index (χ2n) is 5.94. The summed E-state index contributed by atoms with van der Waals surface area (Å²) < 4.78 is 0. The molecule has 4 rings (SSSR count). The number of hydrogen-bond donors (Lipinski definition) is 2. The second-order valence-corrected chi connectivity index (χ2v) is 5.94. The molecule has 1 amide bonds. The van der Waals surface area contributed by atoms with Crippen molar-refractivity contribution in [3.63, 3.8) is 0 Å². The highest BCUT2D eigenvalue weighted by atomic mass is 16.2. The number of H-pyrrole nitrogens is 1. The topological polar surface area (TPSA) is 48.1 Å². The van der Waals surface area contributed by atoms with Crippen molar-refractivity contribution >= 4 is 16.8 Å². The molecule has 0 aliphatic carbocycles. The first kappa shape index (κ1) is 12.7. The minimum atomic E-state index is 0.197. The molecule has 2 N–H and O–H groups in total. The van der Waals surface area contributed by atoms with Gasteiger partial charge in [-0.05, 0) is 18.6 Å². The molecule has 0 radical (unpaired) electrons. The van der Waals surface area contributed by atoms with Gasteiger partial charge in [0.05, 0.1) is 0 Å². The van der Waals surface area contributed by atoms with Gasteiger partial charge in [0, 0.05) is 60.3 Å². The molecule has 1 aromatic carbocycles. The molecule has 21 heavy (non-hydrogen) atoms. The molecule has 0 unspecified atom stereocenters. The van der Waals surface area contributed by atoms with Crippen molar-refractivity contribution in [2.45, 2.75) is 19.9 Å². The van der Waals surface area contributed by atoms with Crippen LogP contribution in [-0.4, -0.2) is 35.4 Å². The maximum Gasteiger partial charge on any atom is 0.249 e. The Morgan fingerprint density at radius 2 is 2.05 bits per heavy atom. The van der Waals surface area contributed by atoms with Crippen LogP contribution in [0.15, 0.2) is 35.4 Å². The van der Waals surface area contributed by atoms with Crippen molar-refractivity contribution in [1.29, 1.82) is 0 Å². The van der Waals surface area contributed by atoms with E-state index >= 15 is 0 Å². The Morgan fingerprint density at radius 3 is 2.81 bits per heavy atom. The van der Waals surface area contributed by atoms with Gasteiger partial charge in [0.15, 0.2) is 0 Å². The van der Waals surface area contributed by atoms with Gasteiger partial charge in [-0.1, -0.05) is 18.2 Å². The normalized spacial score (nSPS) is 17.6. The predicted octanol–water partition coefficient (Wildman–Crippen LogP) is 1.97. The lowest BCUT2D eigenvalue weighted by atomic mass is 10.0. The largest absolute Gasteiger partial charge is 0.358 e. The number of carbonyl (C=O) groups is 1. The monoisotopic (exact) mass is 281 g/mol. The number of nitrogens with zero attached hydrogens (tertiary/aromatic N) is 1. The zero-order chi connectivity index (χ0) is 14.4. The first-order valence-corrected chi connectivity index (χ1v) is 7.51. The molecule has 3 heterocycles. The fourth-order valence-electron chi connectivity index (χ4n) is 3.24. The van der Waals surface area contributed by atoms with Gasteiger partial charge < -0.3 is 15.2 Å². The Morgan fingerprint density at radius 1 is 1.24 bits per heavy atom. The van der Waals surface area contributed by atoms with Crippen molar-refractivity contribution in [3.05, 3.63) is 46.7 Å². The van der Waals surface area contributed by atoms with Crippen LogP contribution in [0.3, 0.4) is 0 Å². The van der Waals surface area contributed by atoms with Crippen molar-refractivity contribution in [2.24, 2.45) is 0 Å². The van der Waals surface area contributed by atoms with Crippen molar-refractivity contribution in [1.82, 2.24) is 15.2 Å². The number of nitrogens with one attached hydrogen (secondary N) is 2. The van der Waals surface area contributed by atoms with Gasteiger partial charge in [0.25, 0.3) is 0 Å². The van der Waals surface area contributed by atoms with E-state index in [0.29, 0.717) is 0 Å². The number of amides is 1. The summed E-state index contributed by atoms with van der Waals surface area (Å²) in [6.07, 6.45) is 0.913. The van der Waals surface area contributed by atoms with Crippen molar-refractivity contribution in [3.8, 4) is 0 Å². The zero-order valence-electron chi connectivity index (χ0n) is 12.2. The molecule has 1 fully saturated rings. The summed E-state index contributed by atoms with van der Waals surface area (Å²) in [6, 6.07) is 8.35. The Labute approximate surface area is 123 Å². The van der Waals surface area contributed by atoms with Crippen molar-refractivity contribution < 1.29 is 4.79 Å². The molecule has 2 aliphatic heterocycles. The van der Waals surface area contributed by atoms with Crippen LogP contribution in [0, 0.1) is 0 Å². The Hall–Kier alpha value is -2.07. The van der Waals surface area contributed by atoms with Gasteiger partial charge in [-0.15, -0.1) is 0 Å². The number of benzene rings is 1. The molecule has 0 bridgehead atoms. The molecule has 0 spiro atoms. The average Bonchev–Trinajstić information content (AvgIpc) is 2.82. The van der Waals surface area contributed by atoms with Gasteiger partial charge >= 0.3 is 0 Å². The number of fused-ring (bicyclic) bond motifs is 3. The molecule has 108 valence electrons. The lowest BCUT2D eigenvalue weighted by Crippen LogP contribution is -2.40. The van der Waals surface area contributed by atoms with Crippen LogP contribution in [0.2, 0.25) is 0 Å². The van der Waals surface area contributed by atoms with Crippen LogP contribution in [0.1, 0.15) is 18.2 Å². The minimum absolute atomic E-state index is 0.197. The predicted molar refractivity (Wildman–Crippen MR) is 83.0 cm³/mol. The lowest BCUT2D eigenvalue weighted by Gasteiger charge is -2.30. The lowest BCUT2D eigenvalue weighted by molar-refractivity contribution is -0.128. The van der Waals surface area contributed by atoms with Gasteiger partial charge in [0.1, 0.15) is 0 Å². The number of para-hydroxylation sites is 1. The smallest absolute Gasteiger partial charge is 0.249 e. The maximum atomic E-state index is 12.6. The zero-order valence-corrected chi connectivity index (χ0v) is 12.2. The van der Waals surface area contributed by atoms with Crippen LogP contribution in [0.4, 0.5) is 0 Å². The van der Waals surface area contributed by atoms with E-state index in [1.54, 1.807) is 0 Å². The SMILES string of the molecule is CC(C(=O)N1CCc2[nH]c3ccccc3c2C1)=C1CNC1. The molecule has 0 atom stereocenters. The summed E-state index contributed by atoms with van der Waals surface area (Å²) in [7, 11) is 0. The van der Waals surface area contributed by atoms with E-state index in [2.05, 4.69) is 28.5 Å². The summed E-state index contributed by atoms with van der Waals surface area (Å²) in [5.41, 5.74) is 5.93. The van der Waals surface area contributed by atoms with Crippen LogP contribution < -0.4 is 5.32 Å². The minimum Gasteiger partial charge on any atom is -0.358 e. The Kier molecular flexibility index (Phi) is 2.86. The third kappa shape index (κ3) is 1.98. The molecule has 2 aliphatic rings. The van der Waals surface area contributed by atoms with Crippen molar-refractivity contribution in [2.75, 3.05) is 19.6 Å². The van der Waals surface area contributed by atoms with Crippen LogP contribution >= 0.6 is 0 Å². The first-order chi connectivity index (χ1) is 10.2. The molecule has 0 saturated carbocycles. The highest BCUT2D eigenvalue weighted by Crippen LogP contribution is 2.28. The molecule has 2 aromatic rings. The van der Waals surface area contributed by atoms with Gasteiger partial charge in [0.2, 0.25) is 5.91 Å². The van der Waals surface area contributed by atoms with E-state index in [1.807, 2.05) is 17.9 Å². The van der Waals surface area contributed by atoms with Gasteiger partial charge in [-0.25, -0.2) is 0 Å². The average molecular weight is 281 g/mol. The van der Waals surface area contributed by atoms with Gasteiger partial charge in [-0.3, -0.25) is 4.79 Å². The van der Waals surface area contributed by atoms with E-state index in [9.17, 15) is 4.79 Å². The first-order valence-electron chi connectivity index (χ1n) is 7.51. The Bertz CT molecular complexity index is 750. The highest BCUT2D eigenvalue weighted by molar-refractivity contribution is 5.95. The fraction of sp³-hybridized carbons (Fsp3) is 0.353. The quantitative estimate of drug-likeness (QED) is 0.785. The number of rotatable bonds is 1. The van der Waals surface area contributed by atoms with E-state index in [-0.39, 0.29) is 5.91 Å². The van der Waals surface area contributed by atoms with Crippen LogP contribution in [0.25, 0.3) is 10.9 Å². The van der Waals surface area contributed by atoms with Crippen LogP contribution in [0.5, 0.6) is 0 Å². The second kappa shape index (κ2) is 4.74. The standard InChI is InChI=1S/C17H19N3O/c1-11(12-8-18-9-12)17(21)20-7-6-16-14(10-20)13-4-2-3-5-15(13)19-16/h2-5,18-19H,6-10H2,1H3. The number of hydrogen-bond acceptors (Lipinski definition) is 2. The number of aromatic amines is 1. The van der Waals surface area contributed by atoms with E-state index < -0.39 is 0 Å². The third-order valence-corrected chi connectivity index (χ3v) is 4.70. The molecular formula is C17H19N3O.